The number of hydrogen-bond acceptors (Lipinski definition) is 0. The van der Waals surface area contributed by atoms with Crippen LogP contribution < -0.4 is 0 Å². The zero-order valence-corrected chi connectivity index (χ0v) is 10.7. The van der Waals surface area contributed by atoms with Crippen molar-refractivity contribution in [2.45, 2.75) is 59.0 Å². The van der Waals surface area contributed by atoms with Gasteiger partial charge in [0.25, 0.3) is 0 Å². The van der Waals surface area contributed by atoms with Gasteiger partial charge in [0.05, 0.1) is 0 Å². The molecule has 0 fully saturated rings. The van der Waals surface area contributed by atoms with Gasteiger partial charge in [-0.25, -0.2) is 0 Å². The van der Waals surface area contributed by atoms with Crippen LogP contribution in [0.1, 0.15) is 50.9 Å². The molecular weight excluding hydrogens is 187 g/mol. The van der Waals surface area contributed by atoms with E-state index in [1.54, 1.807) is 5.56 Å². The van der Waals surface area contributed by atoms with Crippen LogP contribution in [-0.4, -0.2) is 0 Å². The first-order chi connectivity index (χ1) is 6.83. The first-order valence-corrected chi connectivity index (χ1v) is 7.59. The standard InChI is InChI=1S/C13H23P/c1-4-7-12-9-11-14(10-6-3)13(12)8-5-2/h9,11H,4-8,10H2,1-3H3. The fourth-order valence-corrected chi connectivity index (χ4v) is 4.55. The quantitative estimate of drug-likeness (QED) is 0.620. The van der Waals surface area contributed by atoms with Crippen LogP contribution >= 0.6 is 7.53 Å². The van der Waals surface area contributed by atoms with Crippen LogP contribution in [0.15, 0.2) is 11.9 Å². The van der Waals surface area contributed by atoms with Gasteiger partial charge < -0.3 is 0 Å². The van der Waals surface area contributed by atoms with Crippen LogP contribution in [0.3, 0.4) is 0 Å². The van der Waals surface area contributed by atoms with E-state index in [9.17, 15) is 0 Å². The van der Waals surface area contributed by atoms with Crippen molar-refractivity contribution in [1.29, 1.82) is 0 Å². The van der Waals surface area contributed by atoms with Crippen molar-refractivity contribution in [2.75, 3.05) is 0 Å². The molecule has 0 radical (unpaired) electrons. The maximum Gasteiger partial charge on any atom is -0.0141 e. The Kier molecular flexibility index (Phi) is 5.33. The molecule has 0 spiro atoms. The lowest BCUT2D eigenvalue weighted by Crippen LogP contribution is -1.88. The SMILES string of the molecule is CCCc1ccp(CCC)c1CCC. The molecule has 1 aromatic heterocycles. The Hall–Kier alpha value is -0.220. The molecule has 0 saturated heterocycles. The molecule has 0 aliphatic heterocycles. The average Bonchev–Trinajstić information content (AvgIpc) is 2.52. The van der Waals surface area contributed by atoms with E-state index in [2.05, 4.69) is 32.6 Å². The van der Waals surface area contributed by atoms with Gasteiger partial charge in [-0.1, -0.05) is 39.7 Å². The van der Waals surface area contributed by atoms with Crippen LogP contribution in [0.2, 0.25) is 0 Å². The summed E-state index contributed by atoms with van der Waals surface area (Å²) in [7, 11) is 0.134. The Bertz CT molecular complexity index is 237. The monoisotopic (exact) mass is 210 g/mol. The van der Waals surface area contributed by atoms with Gasteiger partial charge in [-0.3, -0.25) is 0 Å². The summed E-state index contributed by atoms with van der Waals surface area (Å²) >= 11 is 0. The number of rotatable bonds is 6. The van der Waals surface area contributed by atoms with Gasteiger partial charge in [-0.2, -0.15) is 0 Å². The summed E-state index contributed by atoms with van der Waals surface area (Å²) in [6.07, 6.45) is 7.99. The smallest absolute Gasteiger partial charge is 0.0141 e. The fraction of sp³-hybridized carbons (Fsp3) is 0.692. The number of hydrogen-bond donors (Lipinski definition) is 0. The predicted octanol–water partition coefficient (Wildman–Crippen LogP) is 4.99. The lowest BCUT2D eigenvalue weighted by molar-refractivity contribution is 0.877. The minimum atomic E-state index is 0.134. The molecule has 14 heavy (non-hydrogen) atoms. The topological polar surface area (TPSA) is 0 Å². The molecule has 0 N–H and O–H groups in total. The molecule has 1 heteroatoms. The minimum Gasteiger partial charge on any atom is -0.121 e. The van der Waals surface area contributed by atoms with Crippen molar-refractivity contribution in [3.63, 3.8) is 0 Å². The van der Waals surface area contributed by atoms with E-state index in [-0.39, 0.29) is 7.53 Å². The Labute approximate surface area is 89.8 Å². The predicted molar refractivity (Wildman–Crippen MR) is 67.4 cm³/mol. The molecule has 0 aromatic carbocycles. The Balaban J connectivity index is 2.82. The lowest BCUT2D eigenvalue weighted by Gasteiger charge is -2.06. The van der Waals surface area contributed by atoms with E-state index in [1.807, 2.05) is 5.30 Å². The molecule has 80 valence electrons. The van der Waals surface area contributed by atoms with Crippen LogP contribution in [-0.2, 0) is 19.0 Å². The Morgan fingerprint density at radius 1 is 1.00 bits per heavy atom. The van der Waals surface area contributed by atoms with Crippen LogP contribution in [0.5, 0.6) is 0 Å². The van der Waals surface area contributed by atoms with Crippen molar-refractivity contribution in [3.8, 4) is 0 Å². The second-order valence-corrected chi connectivity index (χ2v) is 6.21. The van der Waals surface area contributed by atoms with E-state index in [0.29, 0.717) is 0 Å². The Morgan fingerprint density at radius 2 is 1.71 bits per heavy atom. The van der Waals surface area contributed by atoms with E-state index >= 15 is 0 Å². The Morgan fingerprint density at radius 3 is 2.29 bits per heavy atom. The summed E-state index contributed by atoms with van der Waals surface area (Å²) < 4.78 is 0. The lowest BCUT2D eigenvalue weighted by atomic mass is 10.1. The average molecular weight is 210 g/mol. The summed E-state index contributed by atoms with van der Waals surface area (Å²) in [6.45, 7) is 6.89. The van der Waals surface area contributed by atoms with Gasteiger partial charge >= 0.3 is 0 Å². The van der Waals surface area contributed by atoms with Gasteiger partial charge in [-0.05, 0) is 42.1 Å². The fourth-order valence-electron chi connectivity index (χ4n) is 2.04. The summed E-state index contributed by atoms with van der Waals surface area (Å²) in [5.74, 6) is 2.49. The maximum absolute atomic E-state index is 2.49. The highest BCUT2D eigenvalue weighted by Crippen LogP contribution is 2.40. The molecule has 1 atom stereocenters. The molecule has 0 aliphatic rings. The van der Waals surface area contributed by atoms with Crippen molar-refractivity contribution < 1.29 is 0 Å². The second kappa shape index (κ2) is 6.30. The zero-order chi connectivity index (χ0) is 10.4. The summed E-state index contributed by atoms with van der Waals surface area (Å²) in [4.78, 5) is 0. The molecular formula is C13H23P. The summed E-state index contributed by atoms with van der Waals surface area (Å²) in [5.41, 5.74) is 1.67. The molecule has 1 aromatic rings. The molecule has 1 rings (SSSR count). The molecule has 0 nitrogen and oxygen atoms in total. The first kappa shape index (κ1) is 11.9. The third kappa shape index (κ3) is 2.89. The van der Waals surface area contributed by atoms with Crippen molar-refractivity contribution in [2.24, 2.45) is 0 Å². The second-order valence-electron chi connectivity index (χ2n) is 3.98. The normalized spacial score (nSPS) is 12.1. The van der Waals surface area contributed by atoms with Gasteiger partial charge in [0.15, 0.2) is 0 Å². The number of aryl methyl sites for hydroxylation is 2. The highest BCUT2D eigenvalue weighted by Gasteiger charge is 2.07. The van der Waals surface area contributed by atoms with Crippen molar-refractivity contribution >= 4 is 7.53 Å². The van der Waals surface area contributed by atoms with Crippen LogP contribution in [0.25, 0.3) is 0 Å². The molecule has 1 unspecified atom stereocenters. The van der Waals surface area contributed by atoms with E-state index in [4.69, 9.17) is 0 Å². The van der Waals surface area contributed by atoms with E-state index in [1.165, 1.54) is 38.3 Å². The molecule has 0 aliphatic carbocycles. The van der Waals surface area contributed by atoms with Crippen molar-refractivity contribution in [1.82, 2.24) is 0 Å². The molecule has 0 amide bonds. The van der Waals surface area contributed by atoms with Gasteiger partial charge in [-0.15, -0.1) is 7.53 Å². The van der Waals surface area contributed by atoms with Crippen LogP contribution in [0.4, 0.5) is 0 Å². The zero-order valence-electron chi connectivity index (χ0n) is 9.84. The van der Waals surface area contributed by atoms with Crippen LogP contribution in [0, 0.1) is 0 Å². The summed E-state index contributed by atoms with van der Waals surface area (Å²) in [5, 5.41) is 1.81. The van der Waals surface area contributed by atoms with Gasteiger partial charge in [0, 0.05) is 0 Å². The molecule has 0 saturated carbocycles. The van der Waals surface area contributed by atoms with E-state index < -0.39 is 0 Å². The highest BCUT2D eigenvalue weighted by molar-refractivity contribution is 7.49. The van der Waals surface area contributed by atoms with Crippen molar-refractivity contribution in [3.05, 3.63) is 22.7 Å². The van der Waals surface area contributed by atoms with Gasteiger partial charge in [0.1, 0.15) is 0 Å². The summed E-state index contributed by atoms with van der Waals surface area (Å²) in [6, 6.07) is 2.41. The minimum absolute atomic E-state index is 0.134. The maximum atomic E-state index is 2.49. The largest absolute Gasteiger partial charge is 0.121 e. The third-order valence-electron chi connectivity index (χ3n) is 2.64. The third-order valence-corrected chi connectivity index (χ3v) is 5.29. The highest BCUT2D eigenvalue weighted by atomic mass is 31.1. The molecule has 0 bridgehead atoms. The molecule has 1 heterocycles. The van der Waals surface area contributed by atoms with E-state index in [0.717, 1.165) is 0 Å². The first-order valence-electron chi connectivity index (χ1n) is 6.00. The van der Waals surface area contributed by atoms with Gasteiger partial charge in [0.2, 0.25) is 0 Å².